The molecule has 1 aromatic carbocycles. The van der Waals surface area contributed by atoms with E-state index in [9.17, 15) is 15.2 Å². The van der Waals surface area contributed by atoms with Crippen LogP contribution >= 0.6 is 24.8 Å². The third kappa shape index (κ3) is 7.97. The number of aliphatic hydroxyl groups excluding tert-OH is 1. The Bertz CT molecular complexity index is 363. The number of hydrogen-bond acceptors (Lipinski definition) is 5. The lowest BCUT2D eigenvalue weighted by Crippen LogP contribution is -2.31. The first-order valence-electron chi connectivity index (χ1n) is 5.45. The fourth-order valence-corrected chi connectivity index (χ4v) is 1.47. The highest BCUT2D eigenvalue weighted by Crippen LogP contribution is 2.12. The van der Waals surface area contributed by atoms with Gasteiger partial charge in [0.25, 0.3) is 5.69 Å². The highest BCUT2D eigenvalue weighted by molar-refractivity contribution is 5.85. The van der Waals surface area contributed by atoms with Gasteiger partial charge in [0.1, 0.15) is 0 Å². The maximum absolute atomic E-state index is 10.4. The Morgan fingerprint density at radius 2 is 1.89 bits per heavy atom. The third-order valence-corrected chi connectivity index (χ3v) is 2.32. The van der Waals surface area contributed by atoms with Crippen molar-refractivity contribution in [3.05, 3.63) is 39.9 Å². The Balaban J connectivity index is 0. The Hall–Kier alpha value is -0.920. The van der Waals surface area contributed by atoms with E-state index in [0.29, 0.717) is 26.1 Å². The molecule has 0 amide bonds. The Morgan fingerprint density at radius 1 is 1.32 bits per heavy atom. The molecule has 1 unspecified atom stereocenters. The van der Waals surface area contributed by atoms with E-state index in [-0.39, 0.29) is 30.5 Å². The summed E-state index contributed by atoms with van der Waals surface area (Å²) >= 11 is 0. The summed E-state index contributed by atoms with van der Waals surface area (Å²) in [7, 11) is 0. The zero-order valence-electron chi connectivity index (χ0n) is 10.3. The molecule has 0 aromatic heterocycles. The predicted molar refractivity (Wildman–Crippen MR) is 79.2 cm³/mol. The maximum Gasteiger partial charge on any atom is 0.269 e. The van der Waals surface area contributed by atoms with Crippen LogP contribution in [0.1, 0.15) is 5.56 Å². The van der Waals surface area contributed by atoms with Gasteiger partial charge in [0, 0.05) is 31.8 Å². The van der Waals surface area contributed by atoms with Crippen molar-refractivity contribution in [2.45, 2.75) is 12.5 Å². The van der Waals surface area contributed by atoms with Crippen LogP contribution in [0, 0.1) is 10.1 Å². The van der Waals surface area contributed by atoms with Crippen molar-refractivity contribution >= 4 is 30.5 Å². The van der Waals surface area contributed by atoms with Crippen LogP contribution in [0.5, 0.6) is 0 Å². The lowest BCUT2D eigenvalue weighted by Gasteiger charge is -2.11. The smallest absolute Gasteiger partial charge is 0.269 e. The molecule has 8 heteroatoms. The van der Waals surface area contributed by atoms with E-state index >= 15 is 0 Å². The molecule has 0 bridgehead atoms. The van der Waals surface area contributed by atoms with Gasteiger partial charge in [-0.1, -0.05) is 12.1 Å². The normalized spacial score (nSPS) is 11.1. The summed E-state index contributed by atoms with van der Waals surface area (Å²) in [5.74, 6) is 0. The van der Waals surface area contributed by atoms with Gasteiger partial charge in [0.15, 0.2) is 0 Å². The van der Waals surface area contributed by atoms with Gasteiger partial charge in [-0.05, 0) is 12.0 Å². The molecule has 4 N–H and O–H groups in total. The van der Waals surface area contributed by atoms with Gasteiger partial charge in [-0.2, -0.15) is 0 Å². The van der Waals surface area contributed by atoms with Gasteiger partial charge >= 0.3 is 0 Å². The number of nitro benzene ring substituents is 1. The number of nitrogens with one attached hydrogen (secondary N) is 1. The summed E-state index contributed by atoms with van der Waals surface area (Å²) in [5, 5.41) is 23.1. The first-order chi connectivity index (χ1) is 8.13. The van der Waals surface area contributed by atoms with Crippen molar-refractivity contribution in [2.24, 2.45) is 5.73 Å². The van der Waals surface area contributed by atoms with Gasteiger partial charge in [0.05, 0.1) is 11.0 Å². The predicted octanol–water partition coefficient (Wildman–Crippen LogP) is 0.890. The van der Waals surface area contributed by atoms with E-state index in [4.69, 9.17) is 5.73 Å². The van der Waals surface area contributed by atoms with Gasteiger partial charge in [0.2, 0.25) is 0 Å². The molecule has 0 saturated heterocycles. The average molecular weight is 312 g/mol. The van der Waals surface area contributed by atoms with E-state index in [1.807, 2.05) is 0 Å². The van der Waals surface area contributed by atoms with E-state index in [1.54, 1.807) is 12.1 Å². The Labute approximate surface area is 124 Å². The monoisotopic (exact) mass is 311 g/mol. The number of hydrogen-bond donors (Lipinski definition) is 3. The molecular weight excluding hydrogens is 293 g/mol. The second-order valence-corrected chi connectivity index (χ2v) is 3.77. The number of non-ortho nitro benzene ring substituents is 1. The lowest BCUT2D eigenvalue weighted by molar-refractivity contribution is -0.384. The van der Waals surface area contributed by atoms with E-state index < -0.39 is 11.0 Å². The number of aliphatic hydroxyl groups is 1. The SMILES string of the molecule is Cl.Cl.NCCNCC(O)Cc1ccc([N+](=O)[O-])cc1. The highest BCUT2D eigenvalue weighted by atomic mass is 35.5. The number of rotatable bonds is 7. The first-order valence-corrected chi connectivity index (χ1v) is 5.45. The molecule has 0 radical (unpaired) electrons. The highest BCUT2D eigenvalue weighted by Gasteiger charge is 2.07. The summed E-state index contributed by atoms with van der Waals surface area (Å²) in [4.78, 5) is 10.0. The van der Waals surface area contributed by atoms with Gasteiger partial charge in [-0.25, -0.2) is 0 Å². The lowest BCUT2D eigenvalue weighted by atomic mass is 10.1. The number of nitrogens with two attached hydrogens (primary N) is 1. The van der Waals surface area contributed by atoms with Gasteiger partial charge in [-0.15, -0.1) is 24.8 Å². The zero-order chi connectivity index (χ0) is 12.7. The standard InChI is InChI=1S/C11H17N3O3.2ClH/c12-5-6-13-8-11(15)7-9-1-3-10(4-2-9)14(16)17;;/h1-4,11,13,15H,5-8,12H2;2*1H. The van der Waals surface area contributed by atoms with Crippen molar-refractivity contribution in [1.29, 1.82) is 0 Å². The van der Waals surface area contributed by atoms with Crippen LogP contribution in [-0.4, -0.2) is 35.8 Å². The molecule has 19 heavy (non-hydrogen) atoms. The molecule has 0 aliphatic carbocycles. The van der Waals surface area contributed by atoms with E-state index in [1.165, 1.54) is 12.1 Å². The topological polar surface area (TPSA) is 101 Å². The molecule has 110 valence electrons. The molecule has 1 aromatic rings. The summed E-state index contributed by atoms with van der Waals surface area (Å²) < 4.78 is 0. The molecule has 6 nitrogen and oxygen atoms in total. The number of nitrogens with zero attached hydrogens (tertiary/aromatic N) is 1. The van der Waals surface area contributed by atoms with Crippen LogP contribution in [0.3, 0.4) is 0 Å². The summed E-state index contributed by atoms with van der Waals surface area (Å²) in [6, 6.07) is 6.19. The van der Waals surface area contributed by atoms with Crippen molar-refractivity contribution in [3.8, 4) is 0 Å². The molecular formula is C11H19Cl2N3O3. The Kier molecular flexibility index (Phi) is 11.8. The van der Waals surface area contributed by atoms with Gasteiger partial charge in [-0.3, -0.25) is 10.1 Å². The molecule has 0 spiro atoms. The minimum absolute atomic E-state index is 0. The van der Waals surface area contributed by atoms with Gasteiger partial charge < -0.3 is 16.2 Å². The molecule has 0 heterocycles. The van der Waals surface area contributed by atoms with E-state index in [0.717, 1.165) is 5.56 Å². The van der Waals surface area contributed by atoms with Crippen LogP contribution in [-0.2, 0) is 6.42 Å². The fraction of sp³-hybridized carbons (Fsp3) is 0.455. The van der Waals surface area contributed by atoms with Crippen LogP contribution in [0.4, 0.5) is 5.69 Å². The maximum atomic E-state index is 10.4. The van der Waals surface area contributed by atoms with Crippen molar-refractivity contribution in [2.75, 3.05) is 19.6 Å². The quantitative estimate of drug-likeness (QED) is 0.394. The molecule has 0 aliphatic rings. The van der Waals surface area contributed by atoms with E-state index in [2.05, 4.69) is 5.32 Å². The first kappa shape index (κ1) is 20.4. The zero-order valence-corrected chi connectivity index (χ0v) is 12.0. The van der Waals surface area contributed by atoms with Crippen LogP contribution in [0.2, 0.25) is 0 Å². The second-order valence-electron chi connectivity index (χ2n) is 3.77. The average Bonchev–Trinajstić information content (AvgIpc) is 2.30. The minimum Gasteiger partial charge on any atom is -0.391 e. The van der Waals surface area contributed by atoms with Crippen LogP contribution in [0.15, 0.2) is 24.3 Å². The van der Waals surface area contributed by atoms with Crippen molar-refractivity contribution < 1.29 is 10.0 Å². The van der Waals surface area contributed by atoms with Crippen LogP contribution < -0.4 is 11.1 Å². The summed E-state index contributed by atoms with van der Waals surface area (Å²) in [6.45, 7) is 1.66. The Morgan fingerprint density at radius 3 is 2.37 bits per heavy atom. The summed E-state index contributed by atoms with van der Waals surface area (Å²) in [6.07, 6.45) is -0.0433. The largest absolute Gasteiger partial charge is 0.391 e. The third-order valence-electron chi connectivity index (χ3n) is 2.32. The molecule has 0 aliphatic heterocycles. The number of benzene rings is 1. The molecule has 0 saturated carbocycles. The fourth-order valence-electron chi connectivity index (χ4n) is 1.47. The molecule has 1 rings (SSSR count). The van der Waals surface area contributed by atoms with Crippen molar-refractivity contribution in [3.63, 3.8) is 0 Å². The minimum atomic E-state index is -0.511. The summed E-state index contributed by atoms with van der Waals surface area (Å²) in [5.41, 5.74) is 6.24. The molecule has 1 atom stereocenters. The number of halogens is 2. The second kappa shape index (κ2) is 11.0. The molecule has 0 fully saturated rings. The van der Waals surface area contributed by atoms with Crippen molar-refractivity contribution in [1.82, 2.24) is 5.32 Å². The van der Waals surface area contributed by atoms with Crippen LogP contribution in [0.25, 0.3) is 0 Å². The number of nitro groups is 1.